The average Bonchev–Trinajstić information content (AvgIpc) is 2.54. The molecule has 0 bridgehead atoms. The van der Waals surface area contributed by atoms with E-state index < -0.39 is 11.4 Å². The Balaban J connectivity index is 1.94. The summed E-state index contributed by atoms with van der Waals surface area (Å²) >= 11 is 0. The van der Waals surface area contributed by atoms with Crippen LogP contribution in [-0.2, 0) is 9.59 Å². The molecule has 1 aromatic carbocycles. The van der Waals surface area contributed by atoms with E-state index in [0.717, 1.165) is 11.1 Å². The van der Waals surface area contributed by atoms with E-state index in [0.29, 0.717) is 24.9 Å². The molecular formula is C18H24N2O4. The maximum absolute atomic E-state index is 12.3. The number of likely N-dealkylation sites (tertiary alicyclic amines) is 1. The van der Waals surface area contributed by atoms with Gasteiger partial charge in [0.15, 0.2) is 0 Å². The summed E-state index contributed by atoms with van der Waals surface area (Å²) in [5.41, 5.74) is 1.72. The van der Waals surface area contributed by atoms with Gasteiger partial charge in [0.05, 0.1) is 12.0 Å². The minimum absolute atomic E-state index is 0.124. The fourth-order valence-corrected chi connectivity index (χ4v) is 2.88. The van der Waals surface area contributed by atoms with Crippen molar-refractivity contribution in [2.75, 3.05) is 19.6 Å². The molecule has 1 atom stereocenters. The van der Waals surface area contributed by atoms with E-state index in [9.17, 15) is 19.5 Å². The van der Waals surface area contributed by atoms with Crippen molar-refractivity contribution in [3.63, 3.8) is 0 Å². The highest BCUT2D eigenvalue weighted by atomic mass is 16.4. The molecule has 1 aliphatic rings. The number of aliphatic carboxylic acids is 1. The number of carbonyl (C=O) groups is 3. The third-order valence-corrected chi connectivity index (χ3v) is 4.73. The Morgan fingerprint density at radius 1 is 1.25 bits per heavy atom. The van der Waals surface area contributed by atoms with Crippen molar-refractivity contribution < 1.29 is 19.5 Å². The number of nitrogens with zero attached hydrogens (tertiary/aromatic N) is 1. The van der Waals surface area contributed by atoms with Crippen molar-refractivity contribution in [2.45, 2.75) is 33.6 Å². The number of carboxylic acid groups (broad SMARTS) is 1. The van der Waals surface area contributed by atoms with Crippen molar-refractivity contribution in [1.29, 1.82) is 0 Å². The van der Waals surface area contributed by atoms with Gasteiger partial charge < -0.3 is 15.3 Å². The molecule has 0 aromatic heterocycles. The maximum Gasteiger partial charge on any atom is 0.311 e. The Labute approximate surface area is 141 Å². The molecular weight excluding hydrogens is 308 g/mol. The van der Waals surface area contributed by atoms with Gasteiger partial charge in [-0.1, -0.05) is 6.07 Å². The summed E-state index contributed by atoms with van der Waals surface area (Å²) in [6, 6.07) is 5.39. The van der Waals surface area contributed by atoms with E-state index in [1.54, 1.807) is 19.1 Å². The predicted octanol–water partition coefficient (Wildman–Crippen LogP) is 1.75. The van der Waals surface area contributed by atoms with Crippen LogP contribution >= 0.6 is 0 Å². The van der Waals surface area contributed by atoms with Crippen LogP contribution in [0.5, 0.6) is 0 Å². The van der Waals surface area contributed by atoms with Crippen LogP contribution in [-0.4, -0.2) is 47.4 Å². The molecule has 1 heterocycles. The number of amides is 2. The molecule has 1 aliphatic heterocycles. The van der Waals surface area contributed by atoms with Gasteiger partial charge in [0.25, 0.3) is 5.91 Å². The molecule has 130 valence electrons. The highest BCUT2D eigenvalue weighted by molar-refractivity contribution is 5.96. The zero-order valence-corrected chi connectivity index (χ0v) is 14.4. The number of carboxylic acids is 1. The quantitative estimate of drug-likeness (QED) is 0.879. The number of carbonyl (C=O) groups excluding carboxylic acids is 2. The Hall–Kier alpha value is -2.37. The van der Waals surface area contributed by atoms with Crippen molar-refractivity contribution in [3.05, 3.63) is 34.9 Å². The lowest BCUT2D eigenvalue weighted by Crippen LogP contribution is -2.50. The summed E-state index contributed by atoms with van der Waals surface area (Å²) in [5, 5.41) is 11.9. The van der Waals surface area contributed by atoms with Crippen LogP contribution < -0.4 is 5.32 Å². The van der Waals surface area contributed by atoms with Gasteiger partial charge in [-0.05, 0) is 56.9 Å². The largest absolute Gasteiger partial charge is 0.481 e. The van der Waals surface area contributed by atoms with Gasteiger partial charge in [-0.3, -0.25) is 14.4 Å². The summed E-state index contributed by atoms with van der Waals surface area (Å²) in [6.45, 7) is 6.14. The van der Waals surface area contributed by atoms with Crippen LogP contribution in [0.25, 0.3) is 0 Å². The number of aryl methyl sites for hydroxylation is 2. The second kappa shape index (κ2) is 7.03. The van der Waals surface area contributed by atoms with Gasteiger partial charge in [0, 0.05) is 18.7 Å². The molecule has 2 amide bonds. The monoisotopic (exact) mass is 332 g/mol. The highest BCUT2D eigenvalue weighted by Crippen LogP contribution is 2.29. The number of rotatable bonds is 4. The number of hydrogen-bond donors (Lipinski definition) is 2. The van der Waals surface area contributed by atoms with Crippen molar-refractivity contribution in [2.24, 2.45) is 5.41 Å². The molecule has 1 fully saturated rings. The van der Waals surface area contributed by atoms with Gasteiger partial charge in [-0.15, -0.1) is 0 Å². The average molecular weight is 332 g/mol. The molecule has 1 aromatic rings. The van der Waals surface area contributed by atoms with Crippen molar-refractivity contribution in [3.8, 4) is 0 Å². The first-order valence-corrected chi connectivity index (χ1v) is 8.09. The van der Waals surface area contributed by atoms with Gasteiger partial charge in [-0.25, -0.2) is 0 Å². The lowest BCUT2D eigenvalue weighted by Gasteiger charge is -2.37. The van der Waals surface area contributed by atoms with E-state index in [-0.39, 0.29) is 24.9 Å². The molecule has 1 unspecified atom stereocenters. The minimum atomic E-state index is -0.911. The molecule has 6 heteroatoms. The molecule has 0 spiro atoms. The molecule has 2 N–H and O–H groups in total. The first kappa shape index (κ1) is 18.0. The summed E-state index contributed by atoms with van der Waals surface area (Å²) in [7, 11) is 0. The molecule has 1 saturated heterocycles. The van der Waals surface area contributed by atoms with E-state index in [2.05, 4.69) is 5.32 Å². The fourth-order valence-electron chi connectivity index (χ4n) is 2.88. The first-order chi connectivity index (χ1) is 11.2. The summed E-state index contributed by atoms with van der Waals surface area (Å²) in [5.74, 6) is -1.44. The van der Waals surface area contributed by atoms with Gasteiger partial charge in [0.1, 0.15) is 0 Å². The molecule has 0 aliphatic carbocycles. The molecule has 6 nitrogen and oxygen atoms in total. The Morgan fingerprint density at radius 3 is 2.58 bits per heavy atom. The van der Waals surface area contributed by atoms with Crippen LogP contribution in [0.15, 0.2) is 18.2 Å². The van der Waals surface area contributed by atoms with E-state index >= 15 is 0 Å². The third-order valence-electron chi connectivity index (χ3n) is 4.73. The van der Waals surface area contributed by atoms with Gasteiger partial charge in [0.2, 0.25) is 5.91 Å². The van der Waals surface area contributed by atoms with Crippen LogP contribution in [0.3, 0.4) is 0 Å². The Kier molecular flexibility index (Phi) is 5.26. The predicted molar refractivity (Wildman–Crippen MR) is 89.8 cm³/mol. The number of nitrogens with one attached hydrogen (secondary N) is 1. The molecule has 0 saturated carbocycles. The highest BCUT2D eigenvalue weighted by Gasteiger charge is 2.39. The molecule has 0 radical (unpaired) electrons. The van der Waals surface area contributed by atoms with Crippen LogP contribution in [0, 0.1) is 19.3 Å². The lowest BCUT2D eigenvalue weighted by molar-refractivity contribution is -0.153. The van der Waals surface area contributed by atoms with Crippen LogP contribution in [0.2, 0.25) is 0 Å². The zero-order chi connectivity index (χ0) is 17.9. The SMILES string of the molecule is Cc1ccc(C(=O)NCC(=O)N2CCCC(C)(C(=O)O)C2)cc1C. The maximum atomic E-state index is 12.3. The smallest absolute Gasteiger partial charge is 0.311 e. The summed E-state index contributed by atoms with van der Waals surface area (Å²) in [4.78, 5) is 37.3. The number of benzene rings is 1. The van der Waals surface area contributed by atoms with Crippen molar-refractivity contribution >= 4 is 17.8 Å². The van der Waals surface area contributed by atoms with E-state index in [1.165, 1.54) is 4.90 Å². The second-order valence-corrected chi connectivity index (χ2v) is 6.77. The third kappa shape index (κ3) is 3.93. The zero-order valence-electron chi connectivity index (χ0n) is 14.4. The Bertz CT molecular complexity index is 671. The van der Waals surface area contributed by atoms with E-state index in [4.69, 9.17) is 0 Å². The van der Waals surface area contributed by atoms with Crippen LogP contribution in [0.1, 0.15) is 41.3 Å². The molecule has 2 rings (SSSR count). The first-order valence-electron chi connectivity index (χ1n) is 8.09. The fraction of sp³-hybridized carbons (Fsp3) is 0.500. The number of piperidine rings is 1. The van der Waals surface area contributed by atoms with E-state index in [1.807, 2.05) is 19.9 Å². The Morgan fingerprint density at radius 2 is 1.96 bits per heavy atom. The number of hydrogen-bond acceptors (Lipinski definition) is 3. The van der Waals surface area contributed by atoms with Crippen LogP contribution in [0.4, 0.5) is 0 Å². The summed E-state index contributed by atoms with van der Waals surface area (Å²) in [6.07, 6.45) is 1.21. The normalized spacial score (nSPS) is 20.5. The lowest BCUT2D eigenvalue weighted by atomic mass is 9.82. The topological polar surface area (TPSA) is 86.7 Å². The van der Waals surface area contributed by atoms with Gasteiger partial charge in [-0.2, -0.15) is 0 Å². The minimum Gasteiger partial charge on any atom is -0.481 e. The van der Waals surface area contributed by atoms with Crippen molar-refractivity contribution in [1.82, 2.24) is 10.2 Å². The van der Waals surface area contributed by atoms with Gasteiger partial charge >= 0.3 is 5.97 Å². The molecule has 24 heavy (non-hydrogen) atoms. The second-order valence-electron chi connectivity index (χ2n) is 6.77. The summed E-state index contributed by atoms with van der Waals surface area (Å²) < 4.78 is 0. The standard InChI is InChI=1S/C18H24N2O4/c1-12-5-6-14(9-13(12)2)16(22)19-10-15(21)20-8-4-7-18(3,11-20)17(23)24/h5-6,9H,4,7-8,10-11H2,1-3H3,(H,19,22)(H,23,24).